The highest BCUT2D eigenvalue weighted by Gasteiger charge is 2.34. The van der Waals surface area contributed by atoms with Crippen LogP contribution in [0.4, 0.5) is 0 Å². The van der Waals surface area contributed by atoms with Gasteiger partial charge in [0.05, 0.1) is 26.4 Å². The van der Waals surface area contributed by atoms with Crippen molar-refractivity contribution in [3.63, 3.8) is 0 Å². The van der Waals surface area contributed by atoms with Gasteiger partial charge in [0.25, 0.3) is 5.79 Å². The summed E-state index contributed by atoms with van der Waals surface area (Å²) in [6.45, 7) is 7.38. The molecule has 0 bridgehead atoms. The standard InChI is InChI=1S/C11H22O6/c1-4-14-6-7-15-8-9-17-11(3,10(12)13)16-5-2/h4-9H2,1-3H3,(H,12,13). The molecule has 1 unspecified atom stereocenters. The fraction of sp³-hybridized carbons (Fsp3) is 0.909. The average Bonchev–Trinajstić information content (AvgIpc) is 2.28. The van der Waals surface area contributed by atoms with E-state index in [0.29, 0.717) is 26.4 Å². The Kier molecular flexibility index (Phi) is 8.97. The van der Waals surface area contributed by atoms with Gasteiger partial charge in [-0.3, -0.25) is 0 Å². The van der Waals surface area contributed by atoms with E-state index in [1.807, 2.05) is 6.92 Å². The minimum Gasteiger partial charge on any atom is -0.477 e. The number of hydrogen-bond donors (Lipinski definition) is 1. The summed E-state index contributed by atoms with van der Waals surface area (Å²) in [5.41, 5.74) is 0. The maximum absolute atomic E-state index is 10.9. The summed E-state index contributed by atoms with van der Waals surface area (Å²) in [6, 6.07) is 0. The molecule has 0 aromatic heterocycles. The Hall–Kier alpha value is -0.690. The largest absolute Gasteiger partial charge is 0.477 e. The Bertz CT molecular complexity index is 208. The SMILES string of the molecule is CCOCCOCCOC(C)(OCC)C(=O)O. The van der Waals surface area contributed by atoms with E-state index >= 15 is 0 Å². The quantitative estimate of drug-likeness (QED) is 0.433. The number of carbonyl (C=O) groups is 1. The minimum atomic E-state index is -1.60. The second-order valence-electron chi connectivity index (χ2n) is 3.34. The van der Waals surface area contributed by atoms with Crippen LogP contribution in [-0.2, 0) is 23.7 Å². The Morgan fingerprint density at radius 1 is 1.00 bits per heavy atom. The molecule has 0 spiro atoms. The van der Waals surface area contributed by atoms with E-state index in [-0.39, 0.29) is 13.2 Å². The van der Waals surface area contributed by atoms with Crippen LogP contribution in [0.1, 0.15) is 20.8 Å². The van der Waals surface area contributed by atoms with Crippen molar-refractivity contribution in [2.75, 3.05) is 39.6 Å². The highest BCUT2D eigenvalue weighted by atomic mass is 16.7. The zero-order chi connectivity index (χ0) is 13.1. The maximum atomic E-state index is 10.9. The van der Waals surface area contributed by atoms with Crippen molar-refractivity contribution in [2.45, 2.75) is 26.6 Å². The Morgan fingerprint density at radius 2 is 1.59 bits per heavy atom. The molecule has 1 atom stereocenters. The van der Waals surface area contributed by atoms with Gasteiger partial charge in [-0.2, -0.15) is 0 Å². The van der Waals surface area contributed by atoms with E-state index < -0.39 is 11.8 Å². The highest BCUT2D eigenvalue weighted by molar-refractivity contribution is 5.75. The smallest absolute Gasteiger partial charge is 0.364 e. The second-order valence-corrected chi connectivity index (χ2v) is 3.34. The molecule has 0 aliphatic heterocycles. The number of hydrogen-bond acceptors (Lipinski definition) is 5. The summed E-state index contributed by atoms with van der Waals surface area (Å²) in [5, 5.41) is 8.93. The molecule has 0 saturated heterocycles. The normalized spacial score (nSPS) is 14.5. The number of aliphatic carboxylic acids is 1. The Balaban J connectivity index is 3.65. The lowest BCUT2D eigenvalue weighted by Crippen LogP contribution is -2.42. The minimum absolute atomic E-state index is 0.162. The summed E-state index contributed by atoms with van der Waals surface area (Å²) in [5.74, 6) is -2.74. The second kappa shape index (κ2) is 9.35. The van der Waals surface area contributed by atoms with Gasteiger partial charge in [0.15, 0.2) is 0 Å². The lowest BCUT2D eigenvalue weighted by atomic mass is 10.3. The van der Waals surface area contributed by atoms with Crippen molar-refractivity contribution in [2.24, 2.45) is 0 Å². The van der Waals surface area contributed by atoms with E-state index in [0.717, 1.165) is 0 Å². The van der Waals surface area contributed by atoms with Gasteiger partial charge in [-0.25, -0.2) is 4.79 Å². The molecule has 102 valence electrons. The first-order valence-electron chi connectivity index (χ1n) is 5.73. The fourth-order valence-corrected chi connectivity index (χ4v) is 1.10. The predicted molar refractivity (Wildman–Crippen MR) is 60.9 cm³/mol. The van der Waals surface area contributed by atoms with Gasteiger partial charge in [0.1, 0.15) is 0 Å². The molecule has 0 saturated carbocycles. The zero-order valence-corrected chi connectivity index (χ0v) is 10.7. The molecular formula is C11H22O6. The van der Waals surface area contributed by atoms with Crippen molar-refractivity contribution < 1.29 is 28.8 Å². The van der Waals surface area contributed by atoms with E-state index in [9.17, 15) is 4.79 Å². The number of carboxylic acids is 1. The van der Waals surface area contributed by atoms with Crippen LogP contribution in [0.15, 0.2) is 0 Å². The van der Waals surface area contributed by atoms with E-state index in [1.54, 1.807) is 6.92 Å². The van der Waals surface area contributed by atoms with E-state index in [1.165, 1.54) is 6.92 Å². The monoisotopic (exact) mass is 250 g/mol. The first kappa shape index (κ1) is 16.3. The van der Waals surface area contributed by atoms with Crippen LogP contribution in [-0.4, -0.2) is 56.5 Å². The molecule has 0 amide bonds. The summed E-state index contributed by atoms with van der Waals surface area (Å²) in [6.07, 6.45) is 0. The molecular weight excluding hydrogens is 228 g/mol. The molecule has 0 aromatic rings. The topological polar surface area (TPSA) is 74.2 Å². The van der Waals surface area contributed by atoms with Crippen molar-refractivity contribution in [1.82, 2.24) is 0 Å². The third kappa shape index (κ3) is 7.27. The van der Waals surface area contributed by atoms with Crippen LogP contribution in [0.2, 0.25) is 0 Å². The zero-order valence-electron chi connectivity index (χ0n) is 10.7. The number of rotatable bonds is 11. The van der Waals surface area contributed by atoms with Crippen LogP contribution in [0.25, 0.3) is 0 Å². The summed E-state index contributed by atoms with van der Waals surface area (Å²) in [4.78, 5) is 10.9. The molecule has 0 radical (unpaired) electrons. The van der Waals surface area contributed by atoms with Crippen LogP contribution in [0.5, 0.6) is 0 Å². The lowest BCUT2D eigenvalue weighted by Gasteiger charge is -2.24. The first-order valence-corrected chi connectivity index (χ1v) is 5.73. The van der Waals surface area contributed by atoms with Gasteiger partial charge in [0, 0.05) is 20.1 Å². The predicted octanol–water partition coefficient (Wildman–Crippen LogP) is 0.893. The fourth-order valence-electron chi connectivity index (χ4n) is 1.10. The lowest BCUT2D eigenvalue weighted by molar-refractivity contribution is -0.238. The van der Waals surface area contributed by atoms with Crippen molar-refractivity contribution >= 4 is 5.97 Å². The van der Waals surface area contributed by atoms with Crippen molar-refractivity contribution in [1.29, 1.82) is 0 Å². The van der Waals surface area contributed by atoms with Gasteiger partial charge >= 0.3 is 5.97 Å². The van der Waals surface area contributed by atoms with E-state index in [2.05, 4.69) is 0 Å². The van der Waals surface area contributed by atoms with Crippen LogP contribution < -0.4 is 0 Å². The molecule has 0 rings (SSSR count). The summed E-state index contributed by atoms with van der Waals surface area (Å²) in [7, 11) is 0. The first-order chi connectivity index (χ1) is 8.06. The summed E-state index contributed by atoms with van der Waals surface area (Å²) < 4.78 is 20.4. The maximum Gasteiger partial charge on any atom is 0.364 e. The number of ether oxygens (including phenoxy) is 4. The van der Waals surface area contributed by atoms with Crippen molar-refractivity contribution in [3.05, 3.63) is 0 Å². The Morgan fingerprint density at radius 3 is 2.12 bits per heavy atom. The van der Waals surface area contributed by atoms with Crippen LogP contribution in [0, 0.1) is 0 Å². The van der Waals surface area contributed by atoms with E-state index in [4.69, 9.17) is 24.1 Å². The molecule has 0 heterocycles. The molecule has 0 aromatic carbocycles. The Labute approximate surface area is 102 Å². The molecule has 17 heavy (non-hydrogen) atoms. The van der Waals surface area contributed by atoms with Crippen molar-refractivity contribution in [3.8, 4) is 0 Å². The highest BCUT2D eigenvalue weighted by Crippen LogP contribution is 2.12. The van der Waals surface area contributed by atoms with Crippen LogP contribution >= 0.6 is 0 Å². The van der Waals surface area contributed by atoms with Gasteiger partial charge in [-0.05, 0) is 13.8 Å². The number of carboxylic acid groups (broad SMARTS) is 1. The van der Waals surface area contributed by atoms with Gasteiger partial charge in [-0.15, -0.1) is 0 Å². The molecule has 6 heteroatoms. The van der Waals surface area contributed by atoms with Gasteiger partial charge < -0.3 is 24.1 Å². The third-order valence-electron chi connectivity index (χ3n) is 1.99. The molecule has 0 aliphatic carbocycles. The molecule has 0 aliphatic rings. The third-order valence-corrected chi connectivity index (χ3v) is 1.99. The average molecular weight is 250 g/mol. The van der Waals surface area contributed by atoms with Gasteiger partial charge in [0.2, 0.25) is 0 Å². The van der Waals surface area contributed by atoms with Gasteiger partial charge in [-0.1, -0.05) is 0 Å². The molecule has 6 nitrogen and oxygen atoms in total. The molecule has 0 fully saturated rings. The summed E-state index contributed by atoms with van der Waals surface area (Å²) >= 11 is 0. The molecule has 1 N–H and O–H groups in total. The van der Waals surface area contributed by atoms with Crippen LogP contribution in [0.3, 0.4) is 0 Å².